The molecule has 0 aromatic carbocycles. The summed E-state index contributed by atoms with van der Waals surface area (Å²) in [7, 11) is 2.32. The molecule has 0 bridgehead atoms. The van der Waals surface area contributed by atoms with Crippen LogP contribution in [0, 0.1) is 5.92 Å². The second-order valence-corrected chi connectivity index (χ2v) is 5.74. The van der Waals surface area contributed by atoms with Gasteiger partial charge in [-0.2, -0.15) is 0 Å². The second-order valence-electron chi connectivity index (χ2n) is 5.74. The zero-order valence-electron chi connectivity index (χ0n) is 11.1. The van der Waals surface area contributed by atoms with E-state index in [2.05, 4.69) is 23.8 Å². The minimum atomic E-state index is 0.845. The Kier molecular flexibility index (Phi) is 4.66. The highest BCUT2D eigenvalue weighted by Gasteiger charge is 2.32. The van der Waals surface area contributed by atoms with Crippen molar-refractivity contribution >= 4 is 0 Å². The maximum atomic E-state index is 2.59. The fourth-order valence-corrected chi connectivity index (χ4v) is 3.49. The zero-order chi connectivity index (χ0) is 11.4. The van der Waals surface area contributed by atoms with Crippen LogP contribution in [0.15, 0.2) is 0 Å². The van der Waals surface area contributed by atoms with Gasteiger partial charge in [0.2, 0.25) is 0 Å². The van der Waals surface area contributed by atoms with Crippen molar-refractivity contribution in [3.8, 4) is 0 Å². The van der Waals surface area contributed by atoms with E-state index >= 15 is 0 Å². The number of hydrogen-bond donors (Lipinski definition) is 0. The highest BCUT2D eigenvalue weighted by Crippen LogP contribution is 2.29. The Balaban J connectivity index is 1.89. The molecule has 1 saturated carbocycles. The van der Waals surface area contributed by atoms with Gasteiger partial charge in [-0.15, -0.1) is 0 Å². The Morgan fingerprint density at radius 2 is 1.62 bits per heavy atom. The quantitative estimate of drug-likeness (QED) is 0.711. The smallest absolute Gasteiger partial charge is 0.0507 e. The van der Waals surface area contributed by atoms with Crippen molar-refractivity contribution in [1.29, 1.82) is 0 Å². The predicted molar refractivity (Wildman–Crippen MR) is 69.5 cm³/mol. The molecule has 0 spiro atoms. The van der Waals surface area contributed by atoms with Crippen molar-refractivity contribution < 1.29 is 0 Å². The van der Waals surface area contributed by atoms with E-state index in [0.29, 0.717) is 0 Å². The van der Waals surface area contributed by atoms with E-state index < -0.39 is 0 Å². The normalized spacial score (nSPS) is 31.5. The molecule has 1 heterocycles. The molecule has 0 radical (unpaired) electrons. The van der Waals surface area contributed by atoms with Crippen LogP contribution in [0.1, 0.15) is 51.9 Å². The molecule has 16 heavy (non-hydrogen) atoms. The molecule has 0 aromatic rings. The Morgan fingerprint density at radius 1 is 1.00 bits per heavy atom. The van der Waals surface area contributed by atoms with Crippen LogP contribution in [0.25, 0.3) is 0 Å². The summed E-state index contributed by atoms with van der Waals surface area (Å²) >= 11 is 0. The molecule has 1 aliphatic carbocycles. The topological polar surface area (TPSA) is 6.48 Å². The minimum absolute atomic E-state index is 0.845. The molecule has 0 amide bonds. The molecular formula is C14H28N2. The fourth-order valence-electron chi connectivity index (χ4n) is 3.49. The van der Waals surface area contributed by atoms with Gasteiger partial charge in [-0.1, -0.05) is 39.0 Å². The molecule has 0 aromatic heterocycles. The first-order valence-electron chi connectivity index (χ1n) is 7.24. The maximum absolute atomic E-state index is 2.59. The van der Waals surface area contributed by atoms with Gasteiger partial charge in [-0.05, 0) is 32.4 Å². The van der Waals surface area contributed by atoms with Gasteiger partial charge >= 0.3 is 0 Å². The first-order valence-corrected chi connectivity index (χ1v) is 7.24. The zero-order valence-corrected chi connectivity index (χ0v) is 11.1. The van der Waals surface area contributed by atoms with E-state index in [1.807, 2.05) is 0 Å². The molecule has 1 saturated heterocycles. The van der Waals surface area contributed by atoms with Crippen molar-refractivity contribution in [2.75, 3.05) is 26.8 Å². The van der Waals surface area contributed by atoms with Gasteiger partial charge < -0.3 is 0 Å². The molecule has 1 aliphatic heterocycles. The van der Waals surface area contributed by atoms with Crippen LogP contribution in [0.3, 0.4) is 0 Å². The van der Waals surface area contributed by atoms with Crippen LogP contribution in [-0.2, 0) is 0 Å². The molecule has 2 fully saturated rings. The van der Waals surface area contributed by atoms with Gasteiger partial charge in [0, 0.05) is 12.6 Å². The lowest BCUT2D eigenvalue weighted by Gasteiger charge is -2.29. The summed E-state index contributed by atoms with van der Waals surface area (Å²) in [5.74, 6) is 0.974. The average molecular weight is 224 g/mol. The van der Waals surface area contributed by atoms with Crippen LogP contribution in [-0.4, -0.2) is 42.6 Å². The van der Waals surface area contributed by atoms with Gasteiger partial charge in [0.1, 0.15) is 0 Å². The van der Waals surface area contributed by atoms with E-state index in [-0.39, 0.29) is 0 Å². The summed E-state index contributed by atoms with van der Waals surface area (Å²) < 4.78 is 0. The van der Waals surface area contributed by atoms with Crippen molar-refractivity contribution in [2.45, 2.75) is 57.9 Å². The highest BCUT2D eigenvalue weighted by atomic mass is 15.4. The molecule has 0 N–H and O–H groups in total. The van der Waals surface area contributed by atoms with Crippen molar-refractivity contribution in [3.63, 3.8) is 0 Å². The largest absolute Gasteiger partial charge is 0.289 e. The first-order chi connectivity index (χ1) is 7.81. The summed E-state index contributed by atoms with van der Waals surface area (Å²) in [6.45, 7) is 6.01. The Bertz CT molecular complexity index is 197. The Hall–Kier alpha value is -0.0800. The standard InChI is InChI=1S/C14H28N2/c1-3-16-11-14(15(2)12-16)13-9-7-5-4-6-8-10-13/h13-14H,3-12H2,1-2H3. The molecular weight excluding hydrogens is 196 g/mol. The van der Waals surface area contributed by atoms with Crippen LogP contribution in [0.2, 0.25) is 0 Å². The summed E-state index contributed by atoms with van der Waals surface area (Å²) in [5.41, 5.74) is 0. The van der Waals surface area contributed by atoms with Gasteiger partial charge in [-0.25, -0.2) is 0 Å². The number of nitrogens with zero attached hydrogens (tertiary/aromatic N) is 2. The summed E-state index contributed by atoms with van der Waals surface area (Å²) in [5, 5.41) is 0. The summed E-state index contributed by atoms with van der Waals surface area (Å²) in [6.07, 6.45) is 10.3. The molecule has 2 heteroatoms. The van der Waals surface area contributed by atoms with Crippen LogP contribution in [0.4, 0.5) is 0 Å². The van der Waals surface area contributed by atoms with E-state index in [1.165, 1.54) is 64.7 Å². The van der Waals surface area contributed by atoms with Crippen LogP contribution in [0.5, 0.6) is 0 Å². The molecule has 94 valence electrons. The van der Waals surface area contributed by atoms with Crippen LogP contribution >= 0.6 is 0 Å². The van der Waals surface area contributed by atoms with Gasteiger partial charge in [0.05, 0.1) is 6.67 Å². The number of hydrogen-bond acceptors (Lipinski definition) is 2. The van der Waals surface area contributed by atoms with E-state index in [1.54, 1.807) is 0 Å². The average Bonchev–Trinajstić information content (AvgIpc) is 2.60. The van der Waals surface area contributed by atoms with E-state index in [9.17, 15) is 0 Å². The van der Waals surface area contributed by atoms with Crippen molar-refractivity contribution in [2.24, 2.45) is 5.92 Å². The lowest BCUT2D eigenvalue weighted by molar-refractivity contribution is 0.199. The van der Waals surface area contributed by atoms with E-state index in [4.69, 9.17) is 0 Å². The van der Waals surface area contributed by atoms with Gasteiger partial charge in [0.15, 0.2) is 0 Å². The molecule has 1 atom stereocenters. The maximum Gasteiger partial charge on any atom is 0.0507 e. The summed E-state index contributed by atoms with van der Waals surface area (Å²) in [6, 6.07) is 0.845. The third kappa shape index (κ3) is 2.98. The second kappa shape index (κ2) is 6.02. The number of rotatable bonds is 2. The summed E-state index contributed by atoms with van der Waals surface area (Å²) in [4.78, 5) is 5.18. The SMILES string of the molecule is CCN1CC(C2CCCCCCC2)N(C)C1. The minimum Gasteiger partial charge on any atom is -0.289 e. The Labute approximate surface area is 101 Å². The lowest BCUT2D eigenvalue weighted by atomic mass is 9.85. The predicted octanol–water partition coefficient (Wildman–Crippen LogP) is 2.94. The fraction of sp³-hybridized carbons (Fsp3) is 1.00. The lowest BCUT2D eigenvalue weighted by Crippen LogP contribution is -2.34. The van der Waals surface area contributed by atoms with Gasteiger partial charge in [-0.3, -0.25) is 9.80 Å². The molecule has 2 nitrogen and oxygen atoms in total. The van der Waals surface area contributed by atoms with Gasteiger partial charge in [0.25, 0.3) is 0 Å². The van der Waals surface area contributed by atoms with Crippen LogP contribution < -0.4 is 0 Å². The first kappa shape index (κ1) is 12.4. The monoisotopic (exact) mass is 224 g/mol. The van der Waals surface area contributed by atoms with Crippen molar-refractivity contribution in [3.05, 3.63) is 0 Å². The highest BCUT2D eigenvalue weighted by molar-refractivity contribution is 4.86. The van der Waals surface area contributed by atoms with Crippen molar-refractivity contribution in [1.82, 2.24) is 9.80 Å². The Morgan fingerprint density at radius 3 is 2.19 bits per heavy atom. The third-order valence-corrected chi connectivity index (χ3v) is 4.58. The molecule has 2 rings (SSSR count). The molecule has 2 aliphatic rings. The molecule has 1 unspecified atom stereocenters. The third-order valence-electron chi connectivity index (χ3n) is 4.58. The van der Waals surface area contributed by atoms with E-state index in [0.717, 1.165) is 12.0 Å². The number of likely N-dealkylation sites (N-methyl/N-ethyl adjacent to an activating group) is 2.